The molecular weight excluding hydrogens is 382 g/mol. The molecule has 4 nitrogen and oxygen atoms in total. The zero-order chi connectivity index (χ0) is 20.2. The first-order valence-corrected chi connectivity index (χ1v) is 10.6. The molecule has 1 aromatic carbocycles. The van der Waals surface area contributed by atoms with Crippen molar-refractivity contribution in [3.63, 3.8) is 0 Å². The van der Waals surface area contributed by atoms with E-state index in [2.05, 4.69) is 27.0 Å². The minimum Gasteiger partial charge on any atom is -0.386 e. The van der Waals surface area contributed by atoms with Gasteiger partial charge in [-0.3, -0.25) is 14.9 Å². The Morgan fingerprint density at radius 2 is 1.83 bits per heavy atom. The molecule has 0 bridgehead atoms. The van der Waals surface area contributed by atoms with E-state index < -0.39 is 6.10 Å². The SMILES string of the molecule is Cc1cc(Cl)cc(-c2ncccc2[C@@H](O)[C@H](c2cccnc2)N2CCCCC2)c1. The van der Waals surface area contributed by atoms with Crippen LogP contribution in [0.5, 0.6) is 0 Å². The zero-order valence-electron chi connectivity index (χ0n) is 16.6. The topological polar surface area (TPSA) is 49.3 Å². The molecule has 0 spiro atoms. The number of pyridine rings is 2. The molecule has 2 aromatic heterocycles. The summed E-state index contributed by atoms with van der Waals surface area (Å²) >= 11 is 6.31. The largest absolute Gasteiger partial charge is 0.386 e. The Hall–Kier alpha value is -2.27. The summed E-state index contributed by atoms with van der Waals surface area (Å²) in [6.07, 6.45) is 8.22. The van der Waals surface area contributed by atoms with Crippen molar-refractivity contribution in [2.24, 2.45) is 0 Å². The number of benzene rings is 1. The normalized spacial score (nSPS) is 17.1. The molecule has 1 aliphatic rings. The van der Waals surface area contributed by atoms with Gasteiger partial charge in [0.2, 0.25) is 0 Å². The minimum atomic E-state index is -0.722. The Labute approximate surface area is 177 Å². The predicted molar refractivity (Wildman–Crippen MR) is 117 cm³/mol. The lowest BCUT2D eigenvalue weighted by Crippen LogP contribution is -2.37. The van der Waals surface area contributed by atoms with Gasteiger partial charge in [-0.2, -0.15) is 0 Å². The fourth-order valence-corrected chi connectivity index (χ4v) is 4.57. The maximum Gasteiger partial charge on any atom is 0.101 e. The van der Waals surface area contributed by atoms with Crippen molar-refractivity contribution in [1.29, 1.82) is 0 Å². The third-order valence-electron chi connectivity index (χ3n) is 5.58. The number of halogens is 1. The van der Waals surface area contributed by atoms with Gasteiger partial charge in [0.25, 0.3) is 0 Å². The van der Waals surface area contributed by atoms with Crippen molar-refractivity contribution in [3.05, 3.63) is 82.8 Å². The average molecular weight is 408 g/mol. The van der Waals surface area contributed by atoms with Gasteiger partial charge >= 0.3 is 0 Å². The first-order valence-electron chi connectivity index (χ1n) is 10.2. The molecule has 29 heavy (non-hydrogen) atoms. The van der Waals surface area contributed by atoms with Crippen molar-refractivity contribution < 1.29 is 5.11 Å². The van der Waals surface area contributed by atoms with E-state index in [-0.39, 0.29) is 6.04 Å². The molecule has 150 valence electrons. The number of hydrogen-bond acceptors (Lipinski definition) is 4. The molecule has 1 N–H and O–H groups in total. The van der Waals surface area contributed by atoms with Crippen LogP contribution in [0.1, 0.15) is 48.1 Å². The van der Waals surface area contributed by atoms with E-state index in [9.17, 15) is 5.11 Å². The van der Waals surface area contributed by atoms with E-state index in [4.69, 9.17) is 11.6 Å². The Bertz CT molecular complexity index is 937. The van der Waals surface area contributed by atoms with Gasteiger partial charge < -0.3 is 5.11 Å². The summed E-state index contributed by atoms with van der Waals surface area (Å²) in [5.41, 5.74) is 4.61. The van der Waals surface area contributed by atoms with Crippen LogP contribution in [-0.4, -0.2) is 33.1 Å². The second kappa shape index (κ2) is 9.04. The van der Waals surface area contributed by atoms with Crippen molar-refractivity contribution in [3.8, 4) is 11.3 Å². The molecule has 0 amide bonds. The summed E-state index contributed by atoms with van der Waals surface area (Å²) in [5, 5.41) is 12.3. The maximum atomic E-state index is 11.6. The summed E-state index contributed by atoms with van der Waals surface area (Å²) in [4.78, 5) is 11.3. The van der Waals surface area contributed by atoms with Crippen LogP contribution in [-0.2, 0) is 0 Å². The lowest BCUT2D eigenvalue weighted by molar-refractivity contribution is 0.0362. The molecule has 0 aliphatic carbocycles. The summed E-state index contributed by atoms with van der Waals surface area (Å²) in [7, 11) is 0. The third-order valence-corrected chi connectivity index (χ3v) is 5.80. The van der Waals surface area contributed by atoms with Crippen LogP contribution >= 0.6 is 11.6 Å². The second-order valence-electron chi connectivity index (χ2n) is 7.73. The lowest BCUT2D eigenvalue weighted by atomic mass is 9.91. The molecule has 3 heterocycles. The first-order chi connectivity index (χ1) is 14.1. The number of aryl methyl sites for hydroxylation is 1. The van der Waals surface area contributed by atoms with Gasteiger partial charge in [-0.25, -0.2) is 0 Å². The predicted octanol–water partition coefficient (Wildman–Crippen LogP) is 5.37. The van der Waals surface area contributed by atoms with Crippen molar-refractivity contribution >= 4 is 11.6 Å². The van der Waals surface area contributed by atoms with E-state index in [1.54, 1.807) is 12.4 Å². The van der Waals surface area contributed by atoms with Gasteiger partial charge in [-0.15, -0.1) is 0 Å². The van der Waals surface area contributed by atoms with Gasteiger partial charge in [-0.05, 0) is 74.3 Å². The first kappa shape index (κ1) is 20.0. The fraction of sp³-hybridized carbons (Fsp3) is 0.333. The van der Waals surface area contributed by atoms with Gasteiger partial charge in [0.15, 0.2) is 0 Å². The van der Waals surface area contributed by atoms with Crippen LogP contribution in [0.15, 0.2) is 61.1 Å². The Morgan fingerprint density at radius 1 is 1.03 bits per heavy atom. The number of aromatic nitrogens is 2. The van der Waals surface area contributed by atoms with E-state index in [0.717, 1.165) is 53.9 Å². The molecule has 0 saturated carbocycles. The molecule has 1 fully saturated rings. The zero-order valence-corrected chi connectivity index (χ0v) is 17.4. The quantitative estimate of drug-likeness (QED) is 0.618. The fourth-order valence-electron chi connectivity index (χ4n) is 4.28. The van der Waals surface area contributed by atoms with Crippen LogP contribution in [0, 0.1) is 6.92 Å². The van der Waals surface area contributed by atoms with Crippen molar-refractivity contribution in [2.45, 2.75) is 38.3 Å². The van der Waals surface area contributed by atoms with Gasteiger partial charge in [0, 0.05) is 34.7 Å². The highest BCUT2D eigenvalue weighted by molar-refractivity contribution is 6.30. The monoisotopic (exact) mass is 407 g/mol. The molecule has 2 atom stereocenters. The molecule has 5 heteroatoms. The maximum absolute atomic E-state index is 11.6. The minimum absolute atomic E-state index is 0.160. The Morgan fingerprint density at radius 3 is 2.55 bits per heavy atom. The van der Waals surface area contributed by atoms with Crippen molar-refractivity contribution in [1.82, 2.24) is 14.9 Å². The highest BCUT2D eigenvalue weighted by Gasteiger charge is 2.31. The van der Waals surface area contributed by atoms with Crippen LogP contribution in [0.3, 0.4) is 0 Å². The lowest BCUT2D eigenvalue weighted by Gasteiger charge is -2.38. The van der Waals surface area contributed by atoms with Gasteiger partial charge in [-0.1, -0.05) is 30.2 Å². The number of piperidine rings is 1. The number of hydrogen-bond donors (Lipinski definition) is 1. The summed E-state index contributed by atoms with van der Waals surface area (Å²) in [6.45, 7) is 3.96. The molecule has 1 saturated heterocycles. The highest BCUT2D eigenvalue weighted by Crippen LogP contribution is 2.39. The standard InChI is InChI=1S/C24H26ClN3O/c1-17-13-19(15-20(25)14-17)22-21(8-6-10-27-22)24(29)23(18-7-5-9-26-16-18)28-11-3-2-4-12-28/h5-10,13-16,23-24,29H,2-4,11-12H2,1H3/t23-,24+/m0/s1. The van der Waals surface area contributed by atoms with Crippen molar-refractivity contribution in [2.75, 3.05) is 13.1 Å². The Balaban J connectivity index is 1.78. The third kappa shape index (κ3) is 4.50. The Kier molecular flexibility index (Phi) is 6.24. The number of aliphatic hydroxyl groups excluding tert-OH is 1. The van der Waals surface area contributed by atoms with Gasteiger partial charge in [0.1, 0.15) is 6.10 Å². The summed E-state index contributed by atoms with van der Waals surface area (Å²) < 4.78 is 0. The van der Waals surface area contributed by atoms with E-state index in [1.807, 2.05) is 43.5 Å². The number of nitrogens with zero attached hydrogens (tertiary/aromatic N) is 3. The number of rotatable bonds is 5. The summed E-state index contributed by atoms with van der Waals surface area (Å²) in [5.74, 6) is 0. The van der Waals surface area contributed by atoms with E-state index in [0.29, 0.717) is 5.02 Å². The number of likely N-dealkylation sites (tertiary alicyclic amines) is 1. The van der Waals surface area contributed by atoms with Crippen LogP contribution in [0.4, 0.5) is 0 Å². The van der Waals surface area contributed by atoms with Crippen LogP contribution < -0.4 is 0 Å². The van der Waals surface area contributed by atoms with E-state index in [1.165, 1.54) is 6.42 Å². The summed E-state index contributed by atoms with van der Waals surface area (Å²) in [6, 6.07) is 13.6. The van der Waals surface area contributed by atoms with Crippen LogP contribution in [0.2, 0.25) is 5.02 Å². The van der Waals surface area contributed by atoms with E-state index >= 15 is 0 Å². The average Bonchev–Trinajstić information content (AvgIpc) is 2.75. The molecular formula is C24H26ClN3O. The molecule has 4 rings (SSSR count). The number of aliphatic hydroxyl groups is 1. The molecule has 0 unspecified atom stereocenters. The molecule has 0 radical (unpaired) electrons. The molecule has 1 aliphatic heterocycles. The second-order valence-corrected chi connectivity index (χ2v) is 8.17. The molecule has 3 aromatic rings. The van der Waals surface area contributed by atoms with Gasteiger partial charge in [0.05, 0.1) is 11.7 Å². The highest BCUT2D eigenvalue weighted by atomic mass is 35.5. The smallest absolute Gasteiger partial charge is 0.101 e. The van der Waals surface area contributed by atoms with Crippen LogP contribution in [0.25, 0.3) is 11.3 Å².